The maximum absolute atomic E-state index is 5.73. The molecule has 0 unspecified atom stereocenters. The normalized spacial score (nSPS) is 17.4. The summed E-state index contributed by atoms with van der Waals surface area (Å²) in [5.74, 6) is 0. The molecular weight excluding hydrogens is 310 g/mol. The van der Waals surface area contributed by atoms with Crippen molar-refractivity contribution in [3.63, 3.8) is 0 Å². The van der Waals surface area contributed by atoms with Crippen LogP contribution in [0.1, 0.15) is 16.0 Å². The summed E-state index contributed by atoms with van der Waals surface area (Å²) in [5, 5.41) is 0. The predicted octanol–water partition coefficient (Wildman–Crippen LogP) is 3.29. The third-order valence-electron chi connectivity index (χ3n) is 3.46. The van der Waals surface area contributed by atoms with Crippen LogP contribution in [0.2, 0.25) is 0 Å². The van der Waals surface area contributed by atoms with Gasteiger partial charge in [-0.15, -0.1) is 11.3 Å². The van der Waals surface area contributed by atoms with Crippen molar-refractivity contribution in [3.8, 4) is 0 Å². The number of hydrogen-bond donors (Lipinski definition) is 1. The summed E-state index contributed by atoms with van der Waals surface area (Å²) in [6.45, 7) is 2.10. The fourth-order valence-electron chi connectivity index (χ4n) is 2.32. The minimum atomic E-state index is 0.0296. The van der Waals surface area contributed by atoms with Gasteiger partial charge in [-0.3, -0.25) is 0 Å². The van der Waals surface area contributed by atoms with Gasteiger partial charge in [-0.05, 0) is 39.2 Å². The summed E-state index contributed by atoms with van der Waals surface area (Å²) in [4.78, 5) is 1.36. The van der Waals surface area contributed by atoms with E-state index in [1.807, 2.05) is 0 Å². The largest absolute Gasteiger partial charge is 0.379 e. The summed E-state index contributed by atoms with van der Waals surface area (Å²) < 4.78 is 6.66. The summed E-state index contributed by atoms with van der Waals surface area (Å²) in [7, 11) is 0. The Morgan fingerprint density at radius 3 is 2.67 bits per heavy atom. The lowest BCUT2D eigenvalue weighted by Crippen LogP contribution is -2.47. The molecule has 0 aliphatic carbocycles. The number of halogens is 1. The van der Waals surface area contributed by atoms with Gasteiger partial charge in [0.05, 0.1) is 22.4 Å². The minimum absolute atomic E-state index is 0.0296. The molecule has 2 heterocycles. The SMILES string of the molecule is NCc1cccc(C2(c3ccc(Br)s3)COC2)c1. The molecule has 0 radical (unpaired) electrons. The molecule has 94 valence electrons. The molecule has 2 N–H and O–H groups in total. The van der Waals surface area contributed by atoms with Gasteiger partial charge in [0.25, 0.3) is 0 Å². The number of rotatable bonds is 3. The van der Waals surface area contributed by atoms with E-state index in [1.54, 1.807) is 11.3 Å². The number of hydrogen-bond acceptors (Lipinski definition) is 3. The van der Waals surface area contributed by atoms with Gasteiger partial charge in [-0.2, -0.15) is 0 Å². The van der Waals surface area contributed by atoms with Crippen LogP contribution in [0, 0.1) is 0 Å². The zero-order valence-corrected chi connectivity index (χ0v) is 12.3. The topological polar surface area (TPSA) is 35.2 Å². The Morgan fingerprint density at radius 2 is 2.11 bits per heavy atom. The van der Waals surface area contributed by atoms with Crippen LogP contribution in [0.5, 0.6) is 0 Å². The van der Waals surface area contributed by atoms with Gasteiger partial charge in [0.2, 0.25) is 0 Å². The van der Waals surface area contributed by atoms with Crippen molar-refractivity contribution in [1.29, 1.82) is 0 Å². The van der Waals surface area contributed by atoms with Crippen LogP contribution in [-0.2, 0) is 16.7 Å². The fourth-order valence-corrected chi connectivity index (χ4v) is 3.89. The minimum Gasteiger partial charge on any atom is -0.379 e. The molecular formula is C14H14BrNOS. The Morgan fingerprint density at radius 1 is 1.28 bits per heavy atom. The second-order valence-corrected chi connectivity index (χ2v) is 7.05. The first-order chi connectivity index (χ1) is 8.74. The van der Waals surface area contributed by atoms with Crippen molar-refractivity contribution in [2.75, 3.05) is 13.2 Å². The highest BCUT2D eigenvalue weighted by Crippen LogP contribution is 2.43. The second kappa shape index (κ2) is 4.78. The molecule has 0 spiro atoms. The highest BCUT2D eigenvalue weighted by molar-refractivity contribution is 9.11. The maximum atomic E-state index is 5.73. The monoisotopic (exact) mass is 323 g/mol. The lowest BCUT2D eigenvalue weighted by Gasteiger charge is -2.41. The van der Waals surface area contributed by atoms with Crippen LogP contribution in [-0.4, -0.2) is 13.2 Å². The summed E-state index contributed by atoms with van der Waals surface area (Å²) >= 11 is 5.32. The van der Waals surface area contributed by atoms with Crippen molar-refractivity contribution in [3.05, 3.63) is 56.2 Å². The third-order valence-corrected chi connectivity index (χ3v) is 5.28. The van der Waals surface area contributed by atoms with E-state index in [2.05, 4.69) is 52.3 Å². The standard InChI is InChI=1S/C14H14BrNOS/c15-13-5-4-12(18-13)14(8-17-9-14)11-3-1-2-10(6-11)7-16/h1-6H,7-9,16H2. The molecule has 1 aromatic carbocycles. The first kappa shape index (κ1) is 12.4. The van der Waals surface area contributed by atoms with E-state index in [4.69, 9.17) is 10.5 Å². The highest BCUT2D eigenvalue weighted by atomic mass is 79.9. The van der Waals surface area contributed by atoms with Crippen molar-refractivity contribution in [1.82, 2.24) is 0 Å². The molecule has 4 heteroatoms. The molecule has 1 aliphatic heterocycles. The van der Waals surface area contributed by atoms with Crippen LogP contribution >= 0.6 is 27.3 Å². The van der Waals surface area contributed by atoms with E-state index >= 15 is 0 Å². The third kappa shape index (κ3) is 1.93. The van der Waals surface area contributed by atoms with Crippen molar-refractivity contribution in [2.24, 2.45) is 5.73 Å². The average molecular weight is 324 g/mol. The first-order valence-corrected chi connectivity index (χ1v) is 7.49. The van der Waals surface area contributed by atoms with Crippen molar-refractivity contribution >= 4 is 27.3 Å². The number of thiophene rings is 1. The Hall–Kier alpha value is -0.680. The van der Waals surface area contributed by atoms with Crippen LogP contribution < -0.4 is 5.73 Å². The maximum Gasteiger partial charge on any atom is 0.0763 e. The molecule has 2 nitrogen and oxygen atoms in total. The molecule has 18 heavy (non-hydrogen) atoms. The van der Waals surface area contributed by atoms with Gasteiger partial charge in [0.1, 0.15) is 0 Å². The molecule has 2 aromatic rings. The van der Waals surface area contributed by atoms with Crippen LogP contribution in [0.25, 0.3) is 0 Å². The van der Waals surface area contributed by atoms with Crippen LogP contribution in [0.4, 0.5) is 0 Å². The molecule has 0 bridgehead atoms. The Labute approximate surface area is 119 Å². The smallest absolute Gasteiger partial charge is 0.0763 e. The first-order valence-electron chi connectivity index (χ1n) is 5.88. The van der Waals surface area contributed by atoms with Gasteiger partial charge in [0, 0.05) is 11.4 Å². The number of ether oxygens (including phenoxy) is 1. The molecule has 1 fully saturated rings. The van der Waals surface area contributed by atoms with Crippen LogP contribution in [0.3, 0.4) is 0 Å². The van der Waals surface area contributed by atoms with E-state index in [0.29, 0.717) is 6.54 Å². The van der Waals surface area contributed by atoms with E-state index < -0.39 is 0 Å². The lowest BCUT2D eigenvalue weighted by molar-refractivity contribution is -0.0362. The quantitative estimate of drug-likeness (QED) is 0.940. The van der Waals surface area contributed by atoms with E-state index in [-0.39, 0.29) is 5.41 Å². The Balaban J connectivity index is 2.05. The Bertz CT molecular complexity index is 562. The van der Waals surface area contributed by atoms with Gasteiger partial charge < -0.3 is 10.5 Å². The zero-order valence-electron chi connectivity index (χ0n) is 9.86. The van der Waals surface area contributed by atoms with E-state index in [9.17, 15) is 0 Å². The fraction of sp³-hybridized carbons (Fsp3) is 0.286. The van der Waals surface area contributed by atoms with Crippen molar-refractivity contribution < 1.29 is 4.74 Å². The molecule has 1 aromatic heterocycles. The molecule has 0 saturated carbocycles. The molecule has 1 saturated heterocycles. The highest BCUT2D eigenvalue weighted by Gasteiger charge is 2.43. The zero-order chi connectivity index (χ0) is 12.6. The molecule has 3 rings (SSSR count). The van der Waals surface area contributed by atoms with Crippen LogP contribution in [0.15, 0.2) is 40.2 Å². The van der Waals surface area contributed by atoms with Gasteiger partial charge >= 0.3 is 0 Å². The average Bonchev–Trinajstić information content (AvgIpc) is 2.75. The van der Waals surface area contributed by atoms with Gasteiger partial charge in [0.15, 0.2) is 0 Å². The predicted molar refractivity (Wildman–Crippen MR) is 78.0 cm³/mol. The van der Waals surface area contributed by atoms with Crippen molar-refractivity contribution in [2.45, 2.75) is 12.0 Å². The molecule has 0 atom stereocenters. The number of nitrogens with two attached hydrogens (primary N) is 1. The molecule has 0 amide bonds. The summed E-state index contributed by atoms with van der Waals surface area (Å²) in [5.41, 5.74) is 8.24. The molecule has 1 aliphatic rings. The van der Waals surface area contributed by atoms with Gasteiger partial charge in [-0.1, -0.05) is 24.3 Å². The summed E-state index contributed by atoms with van der Waals surface area (Å²) in [6.07, 6.45) is 0. The summed E-state index contributed by atoms with van der Waals surface area (Å²) in [6, 6.07) is 12.8. The number of benzene rings is 1. The van der Waals surface area contributed by atoms with E-state index in [0.717, 1.165) is 13.2 Å². The van der Waals surface area contributed by atoms with E-state index in [1.165, 1.54) is 19.8 Å². The Kier molecular flexibility index (Phi) is 3.28. The second-order valence-electron chi connectivity index (χ2n) is 4.58. The lowest BCUT2D eigenvalue weighted by atomic mass is 9.77. The van der Waals surface area contributed by atoms with Gasteiger partial charge in [-0.25, -0.2) is 0 Å².